The number of phenols is 1. The Morgan fingerprint density at radius 3 is 2.72 bits per heavy atom. The molecule has 0 aliphatic rings. The van der Waals surface area contributed by atoms with E-state index in [1.807, 2.05) is 25.1 Å². The molecule has 0 bridgehead atoms. The number of rotatable bonds is 5. The summed E-state index contributed by atoms with van der Waals surface area (Å²) in [7, 11) is 0. The van der Waals surface area contributed by atoms with Gasteiger partial charge in [-0.1, -0.05) is 58.0 Å². The Kier molecular flexibility index (Phi) is 5.93. The van der Waals surface area contributed by atoms with Crippen molar-refractivity contribution in [3.05, 3.63) is 68.4 Å². The summed E-state index contributed by atoms with van der Waals surface area (Å²) in [6.45, 7) is 1.84. The van der Waals surface area contributed by atoms with Crippen molar-refractivity contribution in [1.82, 2.24) is 14.9 Å². The van der Waals surface area contributed by atoms with Crippen LogP contribution in [0.4, 0.5) is 0 Å². The molecule has 1 aromatic heterocycles. The molecule has 0 unspecified atom stereocenters. The zero-order valence-electron chi connectivity index (χ0n) is 13.2. The summed E-state index contributed by atoms with van der Waals surface area (Å²) in [5.74, 6) is 1.60. The number of aromatic hydroxyl groups is 1. The maximum atomic E-state index is 10.1. The molecule has 0 saturated heterocycles. The van der Waals surface area contributed by atoms with Gasteiger partial charge in [0.15, 0.2) is 5.82 Å². The first kappa shape index (κ1) is 18.2. The molecule has 1 heterocycles. The third-order valence-corrected chi connectivity index (χ3v) is 5.40. The van der Waals surface area contributed by atoms with Crippen LogP contribution >= 0.6 is 43.6 Å². The highest BCUT2D eigenvalue weighted by atomic mass is 79.9. The van der Waals surface area contributed by atoms with Gasteiger partial charge in [-0.05, 0) is 40.5 Å². The lowest BCUT2D eigenvalue weighted by atomic mass is 10.2. The standard InChI is InChI=1S/C17H14Br2N4OS/c1-11-21-22-17(25-10-12-5-3-2-4-6-12)23(11)20-9-13-7-14(18)8-15(19)16(13)24/h2-9,24H,10H2,1H3/b20-9+. The number of thioether (sulfide) groups is 1. The van der Waals surface area contributed by atoms with Crippen LogP contribution in [-0.2, 0) is 5.75 Å². The zero-order chi connectivity index (χ0) is 17.8. The minimum atomic E-state index is 0.135. The molecule has 1 N–H and O–H groups in total. The molecule has 0 radical (unpaired) electrons. The van der Waals surface area contributed by atoms with Crippen molar-refractivity contribution in [3.63, 3.8) is 0 Å². The lowest BCUT2D eigenvalue weighted by Gasteiger charge is -2.05. The molecule has 0 fully saturated rings. The summed E-state index contributed by atoms with van der Waals surface area (Å²) in [6.07, 6.45) is 1.59. The first-order valence-electron chi connectivity index (χ1n) is 7.35. The summed E-state index contributed by atoms with van der Waals surface area (Å²) < 4.78 is 3.11. The topological polar surface area (TPSA) is 63.3 Å². The van der Waals surface area contributed by atoms with Gasteiger partial charge >= 0.3 is 0 Å². The zero-order valence-corrected chi connectivity index (χ0v) is 17.2. The van der Waals surface area contributed by atoms with Gasteiger partial charge in [0.05, 0.1) is 10.7 Å². The number of halogens is 2. The van der Waals surface area contributed by atoms with Gasteiger partial charge in [0, 0.05) is 15.8 Å². The Hall–Kier alpha value is -1.64. The molecular weight excluding hydrogens is 468 g/mol. The van der Waals surface area contributed by atoms with E-state index in [0.717, 1.165) is 10.2 Å². The van der Waals surface area contributed by atoms with Gasteiger partial charge in [0.25, 0.3) is 0 Å². The van der Waals surface area contributed by atoms with Crippen LogP contribution < -0.4 is 0 Å². The number of aromatic nitrogens is 3. The highest BCUT2D eigenvalue weighted by Crippen LogP contribution is 2.30. The molecule has 25 heavy (non-hydrogen) atoms. The minimum absolute atomic E-state index is 0.135. The van der Waals surface area contributed by atoms with Crippen LogP contribution in [0.3, 0.4) is 0 Å². The minimum Gasteiger partial charge on any atom is -0.506 e. The lowest BCUT2D eigenvalue weighted by Crippen LogP contribution is -1.97. The predicted molar refractivity (Wildman–Crippen MR) is 107 cm³/mol. The fraction of sp³-hybridized carbons (Fsp3) is 0.118. The van der Waals surface area contributed by atoms with Crippen LogP contribution in [-0.4, -0.2) is 26.2 Å². The quantitative estimate of drug-likeness (QED) is 0.411. The van der Waals surface area contributed by atoms with Gasteiger partial charge in [-0.15, -0.1) is 10.2 Å². The van der Waals surface area contributed by atoms with E-state index in [9.17, 15) is 5.11 Å². The number of aryl methyl sites for hydroxylation is 1. The number of hydrogen-bond acceptors (Lipinski definition) is 5. The van der Waals surface area contributed by atoms with Crippen molar-refractivity contribution in [1.29, 1.82) is 0 Å². The van der Waals surface area contributed by atoms with Crippen LogP contribution in [0.1, 0.15) is 17.0 Å². The van der Waals surface area contributed by atoms with Gasteiger partial charge in [0.2, 0.25) is 5.16 Å². The van der Waals surface area contributed by atoms with Crippen molar-refractivity contribution in [3.8, 4) is 5.75 Å². The van der Waals surface area contributed by atoms with E-state index < -0.39 is 0 Å². The van der Waals surface area contributed by atoms with Gasteiger partial charge in [0.1, 0.15) is 5.75 Å². The molecule has 0 amide bonds. The SMILES string of the molecule is Cc1nnc(SCc2ccccc2)n1/N=C/c1cc(Br)cc(Br)c1O. The van der Waals surface area contributed by atoms with Crippen LogP contribution in [0.25, 0.3) is 0 Å². The third kappa shape index (κ3) is 4.50. The Bertz CT molecular complexity index is 913. The van der Waals surface area contributed by atoms with E-state index in [2.05, 4.69) is 59.3 Å². The largest absolute Gasteiger partial charge is 0.506 e. The third-order valence-electron chi connectivity index (χ3n) is 3.35. The van der Waals surface area contributed by atoms with Crippen molar-refractivity contribution >= 4 is 49.8 Å². The summed E-state index contributed by atoms with van der Waals surface area (Å²) >= 11 is 8.29. The molecule has 0 aliphatic carbocycles. The lowest BCUT2D eigenvalue weighted by molar-refractivity contribution is 0.471. The Balaban J connectivity index is 1.82. The van der Waals surface area contributed by atoms with Crippen molar-refractivity contribution in [2.75, 3.05) is 0 Å². The monoisotopic (exact) mass is 480 g/mol. The highest BCUT2D eigenvalue weighted by molar-refractivity contribution is 9.11. The van der Waals surface area contributed by atoms with Gasteiger partial charge in [-0.25, -0.2) is 0 Å². The van der Waals surface area contributed by atoms with Gasteiger partial charge in [-0.3, -0.25) is 0 Å². The second-order valence-electron chi connectivity index (χ2n) is 5.19. The molecule has 0 aliphatic heterocycles. The second kappa shape index (κ2) is 8.16. The summed E-state index contributed by atoms with van der Waals surface area (Å²) in [5.41, 5.74) is 1.80. The molecule has 3 aromatic rings. The summed E-state index contributed by atoms with van der Waals surface area (Å²) in [5, 5.41) is 23.6. The number of benzene rings is 2. The Labute approximate surface area is 166 Å². The number of nitrogens with zero attached hydrogens (tertiary/aromatic N) is 4. The van der Waals surface area contributed by atoms with Crippen LogP contribution in [0.5, 0.6) is 5.75 Å². The fourth-order valence-electron chi connectivity index (χ4n) is 2.09. The predicted octanol–water partition coefficient (Wildman–Crippen LogP) is 4.99. The first-order valence-corrected chi connectivity index (χ1v) is 9.93. The second-order valence-corrected chi connectivity index (χ2v) is 7.90. The molecule has 2 aromatic carbocycles. The maximum absolute atomic E-state index is 10.1. The number of phenolic OH excluding ortho intramolecular Hbond substituents is 1. The van der Waals surface area contributed by atoms with Crippen molar-refractivity contribution in [2.45, 2.75) is 17.8 Å². The van der Waals surface area contributed by atoms with Crippen LogP contribution in [0.15, 0.2) is 61.7 Å². The van der Waals surface area contributed by atoms with E-state index in [-0.39, 0.29) is 5.75 Å². The highest BCUT2D eigenvalue weighted by Gasteiger charge is 2.10. The number of hydrogen-bond donors (Lipinski definition) is 1. The van der Waals surface area contributed by atoms with E-state index in [1.54, 1.807) is 34.8 Å². The molecule has 3 rings (SSSR count). The van der Waals surface area contributed by atoms with E-state index in [0.29, 0.717) is 21.0 Å². The maximum Gasteiger partial charge on any atom is 0.212 e. The van der Waals surface area contributed by atoms with Crippen LogP contribution in [0.2, 0.25) is 0 Å². The Morgan fingerprint density at radius 1 is 1.20 bits per heavy atom. The molecule has 0 atom stereocenters. The molecular formula is C17H14Br2N4OS. The molecule has 0 saturated carbocycles. The van der Waals surface area contributed by atoms with E-state index >= 15 is 0 Å². The van der Waals surface area contributed by atoms with Crippen molar-refractivity contribution < 1.29 is 5.11 Å². The van der Waals surface area contributed by atoms with Gasteiger partial charge < -0.3 is 5.11 Å². The summed E-state index contributed by atoms with van der Waals surface area (Å²) in [6, 6.07) is 13.7. The fourth-order valence-corrected chi connectivity index (χ4v) is 4.23. The average Bonchev–Trinajstić information content (AvgIpc) is 2.96. The molecule has 0 spiro atoms. The summed E-state index contributed by atoms with van der Waals surface area (Å²) in [4.78, 5) is 0. The van der Waals surface area contributed by atoms with Crippen molar-refractivity contribution in [2.24, 2.45) is 5.10 Å². The van der Waals surface area contributed by atoms with E-state index in [4.69, 9.17) is 0 Å². The van der Waals surface area contributed by atoms with Gasteiger partial charge in [-0.2, -0.15) is 9.78 Å². The Morgan fingerprint density at radius 2 is 1.96 bits per heavy atom. The molecule has 128 valence electrons. The molecule has 5 nitrogen and oxygen atoms in total. The van der Waals surface area contributed by atoms with Crippen LogP contribution in [0, 0.1) is 6.92 Å². The first-order chi connectivity index (χ1) is 12.0. The molecule has 8 heteroatoms. The normalized spacial score (nSPS) is 11.3. The van der Waals surface area contributed by atoms with E-state index in [1.165, 1.54) is 5.56 Å². The average molecular weight is 482 g/mol. The smallest absolute Gasteiger partial charge is 0.212 e.